The van der Waals surface area contributed by atoms with Gasteiger partial charge in [0.1, 0.15) is 12.4 Å². The summed E-state index contributed by atoms with van der Waals surface area (Å²) in [4.78, 5) is 4.33. The molecule has 2 N–H and O–H groups in total. The number of hydrogen-bond donors (Lipinski definition) is 1. The lowest BCUT2D eigenvalue weighted by Gasteiger charge is -2.14. The minimum Gasteiger partial charge on any atom is -0.487 e. The highest BCUT2D eigenvalue weighted by Gasteiger charge is 2.09. The van der Waals surface area contributed by atoms with Gasteiger partial charge in [0.15, 0.2) is 0 Å². The number of pyridine rings is 1. The largest absolute Gasteiger partial charge is 0.487 e. The molecule has 0 spiro atoms. The molecule has 3 nitrogen and oxygen atoms in total. The Balaban J connectivity index is 2.22. The first-order chi connectivity index (χ1) is 9.11. The maximum atomic E-state index is 5.92. The van der Waals surface area contributed by atoms with Gasteiger partial charge in [-0.2, -0.15) is 0 Å². The van der Waals surface area contributed by atoms with Crippen LogP contribution in [0.2, 0.25) is 0 Å². The van der Waals surface area contributed by atoms with Gasteiger partial charge in [-0.05, 0) is 43.2 Å². The SMILES string of the molecule is Cc1cccnc1COc1c(C)cc(Br)cc1CN. The van der Waals surface area contributed by atoms with Crippen LogP contribution in [0.4, 0.5) is 0 Å². The molecule has 19 heavy (non-hydrogen) atoms. The highest BCUT2D eigenvalue weighted by Crippen LogP contribution is 2.28. The summed E-state index contributed by atoms with van der Waals surface area (Å²) in [6.07, 6.45) is 1.78. The predicted octanol–water partition coefficient (Wildman–Crippen LogP) is 3.50. The van der Waals surface area contributed by atoms with Crippen LogP contribution in [0.1, 0.15) is 22.4 Å². The second kappa shape index (κ2) is 6.17. The fourth-order valence-corrected chi connectivity index (χ4v) is 2.59. The topological polar surface area (TPSA) is 48.1 Å². The summed E-state index contributed by atoms with van der Waals surface area (Å²) in [6.45, 7) is 4.97. The van der Waals surface area contributed by atoms with Gasteiger partial charge >= 0.3 is 0 Å². The van der Waals surface area contributed by atoms with E-state index in [0.717, 1.165) is 32.6 Å². The van der Waals surface area contributed by atoms with Crippen LogP contribution < -0.4 is 10.5 Å². The molecule has 0 aliphatic heterocycles. The predicted molar refractivity (Wildman–Crippen MR) is 80.1 cm³/mol. The van der Waals surface area contributed by atoms with Crippen LogP contribution in [-0.2, 0) is 13.2 Å². The lowest BCUT2D eigenvalue weighted by Crippen LogP contribution is -2.06. The van der Waals surface area contributed by atoms with Gasteiger partial charge in [0.05, 0.1) is 5.69 Å². The first-order valence-corrected chi connectivity index (χ1v) is 6.93. The van der Waals surface area contributed by atoms with Crippen LogP contribution in [0, 0.1) is 13.8 Å². The summed E-state index contributed by atoms with van der Waals surface area (Å²) in [5.74, 6) is 0.857. The van der Waals surface area contributed by atoms with E-state index in [1.165, 1.54) is 0 Å². The van der Waals surface area contributed by atoms with Crippen molar-refractivity contribution in [3.8, 4) is 5.75 Å². The molecule has 100 valence electrons. The molecule has 0 amide bonds. The Labute approximate surface area is 121 Å². The molecular weight excluding hydrogens is 304 g/mol. The second-order valence-electron chi connectivity index (χ2n) is 4.47. The van der Waals surface area contributed by atoms with Crippen molar-refractivity contribution in [3.05, 3.63) is 57.3 Å². The molecular formula is C15H17BrN2O. The number of ether oxygens (including phenoxy) is 1. The zero-order valence-electron chi connectivity index (χ0n) is 11.1. The third kappa shape index (κ3) is 3.33. The lowest BCUT2D eigenvalue weighted by molar-refractivity contribution is 0.295. The van der Waals surface area contributed by atoms with Crippen LogP contribution in [0.25, 0.3) is 0 Å². The zero-order valence-corrected chi connectivity index (χ0v) is 12.7. The van der Waals surface area contributed by atoms with E-state index in [1.807, 2.05) is 38.1 Å². The fourth-order valence-electron chi connectivity index (χ4n) is 1.97. The normalized spacial score (nSPS) is 10.5. The van der Waals surface area contributed by atoms with Crippen LogP contribution in [-0.4, -0.2) is 4.98 Å². The van der Waals surface area contributed by atoms with Crippen molar-refractivity contribution in [1.29, 1.82) is 0 Å². The Hall–Kier alpha value is -1.39. The molecule has 0 aliphatic carbocycles. The third-order valence-electron chi connectivity index (χ3n) is 3.01. The minimum atomic E-state index is 0.455. The Morgan fingerprint density at radius 2 is 2.05 bits per heavy atom. The summed E-state index contributed by atoms with van der Waals surface area (Å²) in [7, 11) is 0. The van der Waals surface area contributed by atoms with Crippen LogP contribution >= 0.6 is 15.9 Å². The molecule has 1 aromatic heterocycles. The van der Waals surface area contributed by atoms with Gasteiger partial charge in [-0.3, -0.25) is 4.98 Å². The summed E-state index contributed by atoms with van der Waals surface area (Å²) in [5.41, 5.74) is 9.93. The molecule has 0 atom stereocenters. The molecule has 2 aromatic rings. The van der Waals surface area contributed by atoms with E-state index >= 15 is 0 Å². The van der Waals surface area contributed by atoms with Crippen LogP contribution in [0.5, 0.6) is 5.75 Å². The van der Waals surface area contributed by atoms with E-state index in [0.29, 0.717) is 13.2 Å². The standard InChI is InChI=1S/C15H17BrN2O/c1-10-4-3-5-18-14(10)9-19-15-11(2)6-13(16)7-12(15)8-17/h3-7H,8-9,17H2,1-2H3. The number of benzene rings is 1. The molecule has 1 heterocycles. The number of halogens is 1. The number of aryl methyl sites for hydroxylation is 2. The quantitative estimate of drug-likeness (QED) is 0.937. The van der Waals surface area contributed by atoms with Crippen molar-refractivity contribution in [2.75, 3.05) is 0 Å². The average molecular weight is 321 g/mol. The summed E-state index contributed by atoms with van der Waals surface area (Å²) in [6, 6.07) is 7.98. The molecule has 0 fully saturated rings. The van der Waals surface area contributed by atoms with Gasteiger partial charge in [-0.25, -0.2) is 0 Å². The molecule has 0 aliphatic rings. The van der Waals surface area contributed by atoms with Crippen molar-refractivity contribution in [2.24, 2.45) is 5.73 Å². The Bertz CT molecular complexity index is 584. The van der Waals surface area contributed by atoms with E-state index in [2.05, 4.69) is 20.9 Å². The van der Waals surface area contributed by atoms with Crippen molar-refractivity contribution in [1.82, 2.24) is 4.98 Å². The fraction of sp³-hybridized carbons (Fsp3) is 0.267. The molecule has 0 radical (unpaired) electrons. The van der Waals surface area contributed by atoms with Crippen molar-refractivity contribution >= 4 is 15.9 Å². The smallest absolute Gasteiger partial charge is 0.130 e. The van der Waals surface area contributed by atoms with Gasteiger partial charge in [0.2, 0.25) is 0 Å². The summed E-state index contributed by atoms with van der Waals surface area (Å²) >= 11 is 3.47. The van der Waals surface area contributed by atoms with Crippen LogP contribution in [0.3, 0.4) is 0 Å². The van der Waals surface area contributed by atoms with Crippen molar-refractivity contribution in [3.63, 3.8) is 0 Å². The number of aromatic nitrogens is 1. The molecule has 4 heteroatoms. The number of rotatable bonds is 4. The average Bonchev–Trinajstić information content (AvgIpc) is 2.38. The van der Waals surface area contributed by atoms with E-state index in [1.54, 1.807) is 6.20 Å². The summed E-state index contributed by atoms with van der Waals surface area (Å²) in [5, 5.41) is 0. The van der Waals surface area contributed by atoms with Crippen molar-refractivity contribution in [2.45, 2.75) is 27.0 Å². The van der Waals surface area contributed by atoms with Gasteiger partial charge in [0.25, 0.3) is 0 Å². The Morgan fingerprint density at radius 1 is 1.26 bits per heavy atom. The van der Waals surface area contributed by atoms with E-state index in [9.17, 15) is 0 Å². The molecule has 0 bridgehead atoms. The second-order valence-corrected chi connectivity index (χ2v) is 5.39. The van der Waals surface area contributed by atoms with Gasteiger partial charge in [-0.1, -0.05) is 22.0 Å². The van der Waals surface area contributed by atoms with Gasteiger partial charge < -0.3 is 10.5 Å². The van der Waals surface area contributed by atoms with Gasteiger partial charge in [-0.15, -0.1) is 0 Å². The molecule has 0 saturated carbocycles. The van der Waals surface area contributed by atoms with E-state index in [4.69, 9.17) is 10.5 Å². The number of nitrogens with zero attached hydrogens (tertiary/aromatic N) is 1. The highest BCUT2D eigenvalue weighted by atomic mass is 79.9. The number of hydrogen-bond acceptors (Lipinski definition) is 3. The third-order valence-corrected chi connectivity index (χ3v) is 3.47. The highest BCUT2D eigenvalue weighted by molar-refractivity contribution is 9.10. The number of nitrogens with two attached hydrogens (primary N) is 1. The van der Waals surface area contributed by atoms with Crippen LogP contribution in [0.15, 0.2) is 34.9 Å². The molecule has 2 rings (SSSR count). The van der Waals surface area contributed by atoms with Crippen molar-refractivity contribution < 1.29 is 4.74 Å². The molecule has 0 saturated heterocycles. The minimum absolute atomic E-state index is 0.455. The monoisotopic (exact) mass is 320 g/mol. The first kappa shape index (κ1) is 14.0. The maximum absolute atomic E-state index is 5.92. The molecule has 0 unspecified atom stereocenters. The summed E-state index contributed by atoms with van der Waals surface area (Å²) < 4.78 is 6.94. The van der Waals surface area contributed by atoms with Gasteiger partial charge in [0, 0.05) is 22.8 Å². The Morgan fingerprint density at radius 3 is 2.74 bits per heavy atom. The van der Waals surface area contributed by atoms with E-state index in [-0.39, 0.29) is 0 Å². The Kier molecular flexibility index (Phi) is 4.56. The zero-order chi connectivity index (χ0) is 13.8. The van der Waals surface area contributed by atoms with E-state index < -0.39 is 0 Å². The molecule has 1 aromatic carbocycles. The maximum Gasteiger partial charge on any atom is 0.130 e. The first-order valence-electron chi connectivity index (χ1n) is 6.14. The lowest BCUT2D eigenvalue weighted by atomic mass is 10.1.